The number of likely N-dealkylation sites (N-methyl/N-ethyl adjacent to an activating group) is 1. The van der Waals surface area contributed by atoms with Crippen molar-refractivity contribution in [1.82, 2.24) is 14.8 Å². The van der Waals surface area contributed by atoms with Gasteiger partial charge in [-0.25, -0.2) is 8.78 Å². The fourth-order valence-corrected chi connectivity index (χ4v) is 4.29. The summed E-state index contributed by atoms with van der Waals surface area (Å²) in [5, 5.41) is 12.7. The zero-order valence-electron chi connectivity index (χ0n) is 18.3. The summed E-state index contributed by atoms with van der Waals surface area (Å²) < 4.78 is 28.3. The second-order valence-corrected chi connectivity index (χ2v) is 8.63. The van der Waals surface area contributed by atoms with Gasteiger partial charge in [0.05, 0.1) is 0 Å². The Morgan fingerprint density at radius 1 is 1.38 bits per heavy atom. The molecule has 0 spiro atoms. The van der Waals surface area contributed by atoms with Crippen molar-refractivity contribution in [2.45, 2.75) is 45.3 Å². The number of likely N-dealkylation sites (tertiary alicyclic amines) is 1. The van der Waals surface area contributed by atoms with E-state index in [0.717, 1.165) is 25.5 Å². The van der Waals surface area contributed by atoms with Crippen molar-refractivity contribution >= 4 is 12.2 Å². The van der Waals surface area contributed by atoms with Crippen LogP contribution in [0.2, 0.25) is 0 Å². The number of aromatic nitrogens is 1. The molecule has 1 aliphatic heterocycles. The summed E-state index contributed by atoms with van der Waals surface area (Å²) in [7, 11) is 1.98. The molecule has 2 atom stereocenters. The van der Waals surface area contributed by atoms with Gasteiger partial charge in [-0.1, -0.05) is 19.4 Å². The molecule has 1 amide bonds. The Balaban J connectivity index is 1.90. The highest BCUT2D eigenvalue weighted by Crippen LogP contribution is 2.35. The van der Waals surface area contributed by atoms with E-state index in [2.05, 4.69) is 17.1 Å². The quantitative estimate of drug-likeness (QED) is 0.637. The summed E-state index contributed by atoms with van der Waals surface area (Å²) in [6.07, 6.45) is 3.50. The second kappa shape index (κ2) is 9.20. The first-order valence-corrected chi connectivity index (χ1v) is 10.4. The molecule has 1 saturated heterocycles. The number of pyridine rings is 1. The third-order valence-corrected chi connectivity index (χ3v) is 6.38. The number of hydrogen-bond donors (Lipinski definition) is 2. The van der Waals surface area contributed by atoms with Gasteiger partial charge in [-0.3, -0.25) is 19.3 Å². The number of nitrogens with one attached hydrogen (secondary N) is 1. The molecule has 172 valence electrons. The minimum Gasteiger partial charge on any atom is -0.503 e. The van der Waals surface area contributed by atoms with E-state index in [0.29, 0.717) is 18.3 Å². The number of rotatable bonds is 7. The third kappa shape index (κ3) is 4.57. The summed E-state index contributed by atoms with van der Waals surface area (Å²) in [6.45, 7) is 5.03. The molecule has 0 saturated carbocycles. The highest BCUT2D eigenvalue weighted by molar-refractivity contribution is 5.95. The molecule has 0 bridgehead atoms. The van der Waals surface area contributed by atoms with Gasteiger partial charge in [-0.15, -0.1) is 0 Å². The highest BCUT2D eigenvalue weighted by Gasteiger charge is 2.39. The molecule has 0 aliphatic carbocycles. The maximum absolute atomic E-state index is 13.8. The van der Waals surface area contributed by atoms with Crippen LogP contribution in [0.15, 0.2) is 29.2 Å². The molecule has 1 aromatic carbocycles. The van der Waals surface area contributed by atoms with Crippen LogP contribution in [0.3, 0.4) is 0 Å². The average Bonchev–Trinajstić information content (AvgIpc) is 3.03. The lowest BCUT2D eigenvalue weighted by Gasteiger charge is -2.33. The summed E-state index contributed by atoms with van der Waals surface area (Å²) >= 11 is 0. The van der Waals surface area contributed by atoms with E-state index in [1.165, 1.54) is 16.8 Å². The fraction of sp³-hybridized carbons (Fsp3) is 0.435. The van der Waals surface area contributed by atoms with E-state index in [9.17, 15) is 28.3 Å². The minimum absolute atomic E-state index is 0.0412. The molecule has 9 heteroatoms. The molecule has 1 aromatic heterocycles. The number of halogens is 2. The smallest absolute Gasteiger partial charge is 0.257 e. The van der Waals surface area contributed by atoms with E-state index in [1.807, 2.05) is 14.0 Å². The van der Waals surface area contributed by atoms with E-state index < -0.39 is 28.7 Å². The Morgan fingerprint density at radius 3 is 2.69 bits per heavy atom. The number of benzene rings is 1. The van der Waals surface area contributed by atoms with Crippen molar-refractivity contribution in [1.29, 1.82) is 0 Å². The molecule has 1 aliphatic rings. The van der Waals surface area contributed by atoms with Gasteiger partial charge in [0.15, 0.2) is 12.0 Å². The Labute approximate surface area is 184 Å². The van der Waals surface area contributed by atoms with Gasteiger partial charge in [0, 0.05) is 43.0 Å². The predicted octanol–water partition coefficient (Wildman–Crippen LogP) is 2.70. The lowest BCUT2D eigenvalue weighted by molar-refractivity contribution is 0.0945. The number of nitrogens with zero attached hydrogens (tertiary/aromatic N) is 2. The zero-order valence-corrected chi connectivity index (χ0v) is 18.3. The first-order chi connectivity index (χ1) is 15.1. The standard InChI is InChI=1S/C23H27F2N3O4/c1-4-14-8-23(2,27(3)10-14)13-28-11-17(20(30)21(31)19(28)12-29)22(32)26-9-15-5-6-16(24)7-18(15)25/h5-7,11-12,14,31H,4,8-10,13H2,1-3H3,(H,26,32). The summed E-state index contributed by atoms with van der Waals surface area (Å²) in [6, 6.07) is 2.95. The van der Waals surface area contributed by atoms with Crippen LogP contribution in [0.4, 0.5) is 8.78 Å². The number of aromatic hydroxyl groups is 1. The minimum atomic E-state index is -0.989. The number of carbonyl (C=O) groups excluding carboxylic acids is 2. The van der Waals surface area contributed by atoms with Gasteiger partial charge < -0.3 is 15.0 Å². The third-order valence-electron chi connectivity index (χ3n) is 6.38. The van der Waals surface area contributed by atoms with Crippen LogP contribution in [-0.4, -0.2) is 45.9 Å². The summed E-state index contributed by atoms with van der Waals surface area (Å²) in [4.78, 5) is 39.0. The van der Waals surface area contributed by atoms with E-state index in [4.69, 9.17) is 0 Å². The number of amides is 1. The SMILES string of the molecule is CCC1CN(C)C(C)(Cn2cc(C(=O)NCc3ccc(F)cc3F)c(=O)c(O)c2C=O)C1. The maximum atomic E-state index is 13.8. The number of carbonyl (C=O) groups is 2. The molecular formula is C23H27F2N3O4. The fourth-order valence-electron chi connectivity index (χ4n) is 4.29. The zero-order chi connectivity index (χ0) is 23.6. The van der Waals surface area contributed by atoms with Crippen LogP contribution in [0.5, 0.6) is 5.75 Å². The van der Waals surface area contributed by atoms with Gasteiger partial charge in [0.2, 0.25) is 5.43 Å². The van der Waals surface area contributed by atoms with Crippen LogP contribution in [0.1, 0.15) is 53.1 Å². The Morgan fingerprint density at radius 2 is 2.09 bits per heavy atom. The number of aldehydes is 1. The van der Waals surface area contributed by atoms with Crippen molar-refractivity contribution in [3.8, 4) is 5.75 Å². The van der Waals surface area contributed by atoms with Crippen molar-refractivity contribution in [3.05, 3.63) is 63.1 Å². The molecule has 2 heterocycles. The molecule has 1 fully saturated rings. The molecular weight excluding hydrogens is 420 g/mol. The van der Waals surface area contributed by atoms with Gasteiger partial charge in [-0.2, -0.15) is 0 Å². The molecule has 2 unspecified atom stereocenters. The van der Waals surface area contributed by atoms with Gasteiger partial charge >= 0.3 is 0 Å². The van der Waals surface area contributed by atoms with Gasteiger partial charge in [0.1, 0.15) is 22.9 Å². The first kappa shape index (κ1) is 23.6. The Bertz CT molecular complexity index is 1100. The Kier molecular flexibility index (Phi) is 6.78. The molecule has 7 nitrogen and oxygen atoms in total. The largest absolute Gasteiger partial charge is 0.503 e. The van der Waals surface area contributed by atoms with Crippen LogP contribution in [0, 0.1) is 17.6 Å². The molecule has 2 N–H and O–H groups in total. The van der Waals surface area contributed by atoms with E-state index in [-0.39, 0.29) is 35.4 Å². The molecule has 2 aromatic rings. The highest BCUT2D eigenvalue weighted by atomic mass is 19.1. The van der Waals surface area contributed by atoms with Crippen molar-refractivity contribution in [2.75, 3.05) is 13.6 Å². The van der Waals surface area contributed by atoms with Crippen LogP contribution in [0.25, 0.3) is 0 Å². The first-order valence-electron chi connectivity index (χ1n) is 10.4. The molecule has 0 radical (unpaired) electrons. The van der Waals surface area contributed by atoms with E-state index >= 15 is 0 Å². The average molecular weight is 447 g/mol. The normalized spacial score (nSPS) is 21.0. The monoisotopic (exact) mass is 447 g/mol. The van der Waals surface area contributed by atoms with Crippen molar-refractivity contribution < 1.29 is 23.5 Å². The topological polar surface area (TPSA) is 91.6 Å². The maximum Gasteiger partial charge on any atom is 0.257 e. The Hall–Kier alpha value is -3.07. The van der Waals surface area contributed by atoms with Crippen molar-refractivity contribution in [3.63, 3.8) is 0 Å². The molecule has 3 rings (SSSR count). The van der Waals surface area contributed by atoms with Crippen molar-refractivity contribution in [2.24, 2.45) is 5.92 Å². The van der Waals surface area contributed by atoms with Crippen LogP contribution < -0.4 is 10.7 Å². The van der Waals surface area contributed by atoms with Crippen LogP contribution >= 0.6 is 0 Å². The molecule has 32 heavy (non-hydrogen) atoms. The van der Waals surface area contributed by atoms with E-state index in [1.54, 1.807) is 0 Å². The lowest BCUT2D eigenvalue weighted by Crippen LogP contribution is -2.43. The van der Waals surface area contributed by atoms with Gasteiger partial charge in [-0.05, 0) is 32.4 Å². The lowest BCUT2D eigenvalue weighted by atomic mass is 9.92. The second-order valence-electron chi connectivity index (χ2n) is 8.63. The number of hydrogen-bond acceptors (Lipinski definition) is 5. The summed E-state index contributed by atoms with van der Waals surface area (Å²) in [5.74, 6) is -2.74. The van der Waals surface area contributed by atoms with Gasteiger partial charge in [0.25, 0.3) is 5.91 Å². The predicted molar refractivity (Wildman–Crippen MR) is 115 cm³/mol. The van der Waals surface area contributed by atoms with Crippen LogP contribution in [-0.2, 0) is 13.1 Å². The summed E-state index contributed by atoms with van der Waals surface area (Å²) in [5.41, 5.74) is -1.86.